The lowest BCUT2D eigenvalue weighted by molar-refractivity contribution is 0.0704. The molecule has 0 N–H and O–H groups in total. The summed E-state index contributed by atoms with van der Waals surface area (Å²) in [5.41, 5.74) is -3.49. The van der Waals surface area contributed by atoms with Crippen LogP contribution in [-0.4, -0.2) is 47.8 Å². The largest absolute Gasteiger partial charge is 0.337 e. The van der Waals surface area contributed by atoms with E-state index < -0.39 is 94.2 Å². The Bertz CT molecular complexity index is 1020. The molecule has 0 spiro atoms. The van der Waals surface area contributed by atoms with Gasteiger partial charge in [0, 0.05) is 26.2 Å². The van der Waals surface area contributed by atoms with Crippen molar-refractivity contribution in [3.63, 3.8) is 0 Å². The zero-order chi connectivity index (χ0) is 24.8. The normalized spacial score (nSPS) is 14.5. The Morgan fingerprint density at radius 2 is 0.667 bits per heavy atom. The van der Waals surface area contributed by atoms with Gasteiger partial charge in [-0.1, -0.05) is 0 Å². The highest BCUT2D eigenvalue weighted by molar-refractivity contribution is 5.96. The molecule has 1 aliphatic rings. The molecule has 4 nitrogen and oxygen atoms in total. The maximum Gasteiger partial charge on any atom is 0.260 e. The van der Waals surface area contributed by atoms with Crippen LogP contribution in [0.25, 0.3) is 0 Å². The fourth-order valence-electron chi connectivity index (χ4n) is 3.23. The predicted molar refractivity (Wildman–Crippen MR) is 88.9 cm³/mol. The van der Waals surface area contributed by atoms with Crippen LogP contribution < -0.4 is 0 Å². The van der Waals surface area contributed by atoms with Gasteiger partial charge in [-0.15, -0.1) is 0 Å². The molecule has 0 radical (unpaired) electrons. The Hall–Kier alpha value is -3.32. The van der Waals surface area contributed by atoms with Crippen LogP contribution in [0.4, 0.5) is 43.9 Å². The number of rotatable bonds is 2. The third-order valence-corrected chi connectivity index (χ3v) is 4.92. The van der Waals surface area contributed by atoms with E-state index in [4.69, 9.17) is 0 Å². The summed E-state index contributed by atoms with van der Waals surface area (Å²) < 4.78 is 136. The summed E-state index contributed by atoms with van der Waals surface area (Å²) in [4.78, 5) is 26.1. The molecule has 0 aromatic heterocycles. The summed E-state index contributed by atoms with van der Waals surface area (Å²) in [7, 11) is 0. The van der Waals surface area contributed by atoms with Gasteiger partial charge in [-0.25, -0.2) is 43.9 Å². The van der Waals surface area contributed by atoms with E-state index in [1.165, 1.54) is 0 Å². The van der Waals surface area contributed by atoms with Crippen LogP contribution in [0, 0.1) is 58.2 Å². The second-order valence-corrected chi connectivity index (χ2v) is 6.83. The van der Waals surface area contributed by atoms with Crippen LogP contribution in [0.15, 0.2) is 0 Å². The molecule has 178 valence electrons. The molecule has 1 aliphatic heterocycles. The zero-order valence-electron chi connectivity index (χ0n) is 16.0. The summed E-state index contributed by atoms with van der Waals surface area (Å²) >= 11 is 0. The molecule has 0 saturated carbocycles. The van der Waals surface area contributed by atoms with Gasteiger partial charge < -0.3 is 9.80 Å². The highest BCUT2D eigenvalue weighted by Crippen LogP contribution is 2.26. The van der Waals surface area contributed by atoms with E-state index >= 15 is 0 Å². The molecule has 0 atom stereocenters. The molecule has 0 aliphatic carbocycles. The van der Waals surface area contributed by atoms with E-state index in [0.717, 1.165) is 0 Å². The molecule has 0 bridgehead atoms. The molecular weight excluding hydrogens is 478 g/mol. The minimum absolute atomic E-state index is 0.220. The molecule has 1 fully saturated rings. The summed E-state index contributed by atoms with van der Waals surface area (Å²) in [6.07, 6.45) is -0.220. The fraction of sp³-hybridized carbons (Fsp3) is 0.263. The number of amides is 2. The fourth-order valence-corrected chi connectivity index (χ4v) is 3.23. The van der Waals surface area contributed by atoms with E-state index in [-0.39, 0.29) is 19.5 Å². The quantitative estimate of drug-likeness (QED) is 0.364. The predicted octanol–water partition coefficient (Wildman–Crippen LogP) is 4.07. The van der Waals surface area contributed by atoms with Crippen molar-refractivity contribution in [1.29, 1.82) is 0 Å². The Morgan fingerprint density at radius 1 is 0.424 bits per heavy atom. The number of halogens is 10. The Kier molecular flexibility index (Phi) is 6.56. The highest BCUT2D eigenvalue weighted by Gasteiger charge is 2.35. The van der Waals surface area contributed by atoms with Gasteiger partial charge in [0.1, 0.15) is 11.1 Å². The first-order valence-corrected chi connectivity index (χ1v) is 9.01. The summed E-state index contributed by atoms with van der Waals surface area (Å²) in [6.45, 7) is -2.00. The highest BCUT2D eigenvalue weighted by atomic mass is 19.2. The number of carbonyl (C=O) groups excluding carboxylic acids is 2. The van der Waals surface area contributed by atoms with Crippen molar-refractivity contribution in [2.24, 2.45) is 0 Å². The van der Waals surface area contributed by atoms with E-state index in [0.29, 0.717) is 9.80 Å². The number of benzene rings is 2. The molecule has 0 unspecified atom stereocenters. The van der Waals surface area contributed by atoms with Gasteiger partial charge in [-0.2, -0.15) is 0 Å². The summed E-state index contributed by atoms with van der Waals surface area (Å²) in [5.74, 6) is -27.1. The van der Waals surface area contributed by atoms with Crippen LogP contribution in [0.1, 0.15) is 27.1 Å². The van der Waals surface area contributed by atoms with Crippen molar-refractivity contribution in [3.05, 3.63) is 69.3 Å². The zero-order valence-corrected chi connectivity index (χ0v) is 16.0. The van der Waals surface area contributed by atoms with Crippen molar-refractivity contribution >= 4 is 11.8 Å². The first-order chi connectivity index (χ1) is 15.4. The van der Waals surface area contributed by atoms with Crippen LogP contribution in [0.5, 0.6) is 0 Å². The maximum absolute atomic E-state index is 13.9. The van der Waals surface area contributed by atoms with Gasteiger partial charge in [0.2, 0.25) is 11.6 Å². The second-order valence-electron chi connectivity index (χ2n) is 6.83. The van der Waals surface area contributed by atoms with Crippen LogP contribution in [-0.2, 0) is 0 Å². The van der Waals surface area contributed by atoms with Gasteiger partial charge in [-0.05, 0) is 6.42 Å². The minimum atomic E-state index is -2.47. The lowest BCUT2D eigenvalue weighted by Gasteiger charge is -2.23. The van der Waals surface area contributed by atoms with Crippen molar-refractivity contribution < 1.29 is 53.5 Å². The second kappa shape index (κ2) is 8.90. The average molecular weight is 488 g/mol. The third kappa shape index (κ3) is 3.97. The molecule has 2 amide bonds. The number of carbonyl (C=O) groups is 2. The van der Waals surface area contributed by atoms with Crippen molar-refractivity contribution in [2.45, 2.75) is 6.42 Å². The molecule has 1 heterocycles. The average Bonchev–Trinajstić information content (AvgIpc) is 3.05. The summed E-state index contributed by atoms with van der Waals surface area (Å²) in [5, 5.41) is 0. The number of hydrogen-bond donors (Lipinski definition) is 0. The molecule has 3 rings (SSSR count). The van der Waals surface area contributed by atoms with Crippen LogP contribution >= 0.6 is 0 Å². The van der Waals surface area contributed by atoms with E-state index in [9.17, 15) is 53.5 Å². The topological polar surface area (TPSA) is 40.6 Å². The first kappa shape index (κ1) is 24.3. The molecular formula is C19H10F10N2O2. The van der Waals surface area contributed by atoms with E-state index in [1.54, 1.807) is 0 Å². The van der Waals surface area contributed by atoms with E-state index in [2.05, 4.69) is 0 Å². The van der Waals surface area contributed by atoms with Crippen molar-refractivity contribution in [3.8, 4) is 0 Å². The SMILES string of the molecule is O=C(c1c(F)c(F)c(F)c(F)c1F)N1CCCN(C(=O)c2c(F)c(F)c(F)c(F)c2F)CC1. The third-order valence-electron chi connectivity index (χ3n) is 4.92. The number of hydrogen-bond acceptors (Lipinski definition) is 2. The van der Waals surface area contributed by atoms with Crippen molar-refractivity contribution in [2.75, 3.05) is 26.2 Å². The van der Waals surface area contributed by atoms with Crippen molar-refractivity contribution in [1.82, 2.24) is 9.80 Å². The smallest absolute Gasteiger partial charge is 0.260 e. The monoisotopic (exact) mass is 488 g/mol. The molecule has 2 aromatic rings. The lowest BCUT2D eigenvalue weighted by Crippen LogP contribution is -2.39. The van der Waals surface area contributed by atoms with Gasteiger partial charge in [-0.3, -0.25) is 9.59 Å². The summed E-state index contributed by atoms with van der Waals surface area (Å²) in [6, 6.07) is 0. The minimum Gasteiger partial charge on any atom is -0.337 e. The van der Waals surface area contributed by atoms with Gasteiger partial charge in [0.05, 0.1) is 0 Å². The lowest BCUT2D eigenvalue weighted by atomic mass is 10.1. The van der Waals surface area contributed by atoms with Crippen LogP contribution in [0.2, 0.25) is 0 Å². The van der Waals surface area contributed by atoms with E-state index in [1.807, 2.05) is 0 Å². The molecule has 33 heavy (non-hydrogen) atoms. The molecule has 1 saturated heterocycles. The first-order valence-electron chi connectivity index (χ1n) is 9.01. The van der Waals surface area contributed by atoms with Gasteiger partial charge >= 0.3 is 0 Å². The number of nitrogens with zero attached hydrogens (tertiary/aromatic N) is 2. The van der Waals surface area contributed by atoms with Crippen LogP contribution in [0.3, 0.4) is 0 Å². The Balaban J connectivity index is 1.87. The molecule has 14 heteroatoms. The Morgan fingerprint density at radius 3 is 0.939 bits per heavy atom. The maximum atomic E-state index is 13.9. The Labute approximate surface area is 178 Å². The molecule has 2 aromatic carbocycles. The van der Waals surface area contributed by atoms with Gasteiger partial charge in [0.25, 0.3) is 11.8 Å². The van der Waals surface area contributed by atoms with Gasteiger partial charge in [0.15, 0.2) is 46.5 Å². The standard InChI is InChI=1S/C19H10F10N2O2/c20-8-6(9(21)13(25)16(28)12(8)24)18(32)30-2-1-3-31(5-4-30)19(33)7-10(22)14(26)17(29)15(27)11(7)23/h1-5H2.